The standard InChI is InChI=1S/C13H19F2N3O/c1-3-16-13(17-4-2)18-7-8-19-12-6-5-10(14)9-11(12)15/h5-6,9H,3-4,7-8H2,1-2H3,(H2,16,17,18). The molecule has 0 saturated carbocycles. The van der Waals surface area contributed by atoms with Gasteiger partial charge in [0.2, 0.25) is 0 Å². The zero-order valence-corrected chi connectivity index (χ0v) is 11.2. The number of nitrogens with zero attached hydrogens (tertiary/aromatic N) is 1. The van der Waals surface area contributed by atoms with E-state index in [1.165, 1.54) is 6.07 Å². The van der Waals surface area contributed by atoms with Crippen molar-refractivity contribution in [2.45, 2.75) is 13.8 Å². The first-order chi connectivity index (χ1) is 9.17. The molecule has 0 heterocycles. The molecule has 19 heavy (non-hydrogen) atoms. The summed E-state index contributed by atoms with van der Waals surface area (Å²) >= 11 is 0. The molecule has 6 heteroatoms. The molecule has 106 valence electrons. The second kappa shape index (κ2) is 8.29. The van der Waals surface area contributed by atoms with E-state index in [0.29, 0.717) is 12.5 Å². The van der Waals surface area contributed by atoms with Crippen LogP contribution in [-0.4, -0.2) is 32.2 Å². The van der Waals surface area contributed by atoms with Gasteiger partial charge < -0.3 is 15.4 Å². The Morgan fingerprint density at radius 2 is 1.89 bits per heavy atom. The normalized spacial score (nSPS) is 9.89. The minimum Gasteiger partial charge on any atom is -0.489 e. The van der Waals surface area contributed by atoms with Crippen LogP contribution in [0.5, 0.6) is 5.75 Å². The van der Waals surface area contributed by atoms with Crippen molar-refractivity contribution in [1.82, 2.24) is 10.6 Å². The quantitative estimate of drug-likeness (QED) is 0.472. The number of hydrogen-bond acceptors (Lipinski definition) is 2. The Balaban J connectivity index is 2.42. The Hall–Kier alpha value is -1.85. The highest BCUT2D eigenvalue weighted by Gasteiger charge is 2.04. The Bertz CT molecular complexity index is 416. The molecule has 0 aliphatic heterocycles. The van der Waals surface area contributed by atoms with Crippen LogP contribution in [0.15, 0.2) is 23.2 Å². The fourth-order valence-electron chi connectivity index (χ4n) is 1.41. The number of aliphatic imine (C=N–C) groups is 1. The maximum Gasteiger partial charge on any atom is 0.191 e. The average Bonchev–Trinajstić information content (AvgIpc) is 2.37. The third kappa shape index (κ3) is 5.54. The van der Waals surface area contributed by atoms with Gasteiger partial charge in [0.1, 0.15) is 12.4 Å². The molecule has 1 aromatic rings. The van der Waals surface area contributed by atoms with Crippen LogP contribution in [0, 0.1) is 11.6 Å². The molecule has 0 atom stereocenters. The fourth-order valence-corrected chi connectivity index (χ4v) is 1.41. The van der Waals surface area contributed by atoms with Crippen LogP contribution < -0.4 is 15.4 Å². The van der Waals surface area contributed by atoms with Gasteiger partial charge >= 0.3 is 0 Å². The van der Waals surface area contributed by atoms with Crippen LogP contribution >= 0.6 is 0 Å². The first-order valence-corrected chi connectivity index (χ1v) is 6.27. The van der Waals surface area contributed by atoms with Crippen LogP contribution in [0.1, 0.15) is 13.8 Å². The van der Waals surface area contributed by atoms with E-state index in [-0.39, 0.29) is 12.4 Å². The Morgan fingerprint density at radius 3 is 2.47 bits per heavy atom. The molecule has 2 N–H and O–H groups in total. The van der Waals surface area contributed by atoms with Crippen molar-refractivity contribution in [1.29, 1.82) is 0 Å². The van der Waals surface area contributed by atoms with Gasteiger partial charge in [-0.1, -0.05) is 0 Å². The van der Waals surface area contributed by atoms with E-state index in [2.05, 4.69) is 15.6 Å². The second-order valence-corrected chi connectivity index (χ2v) is 3.71. The molecular weight excluding hydrogens is 252 g/mol. The van der Waals surface area contributed by atoms with E-state index >= 15 is 0 Å². The fraction of sp³-hybridized carbons (Fsp3) is 0.462. The van der Waals surface area contributed by atoms with Gasteiger partial charge in [-0.05, 0) is 26.0 Å². The second-order valence-electron chi connectivity index (χ2n) is 3.71. The Kier molecular flexibility index (Phi) is 6.63. The van der Waals surface area contributed by atoms with Crippen molar-refractivity contribution in [3.63, 3.8) is 0 Å². The maximum absolute atomic E-state index is 13.3. The first-order valence-electron chi connectivity index (χ1n) is 6.27. The molecule has 0 spiro atoms. The van der Waals surface area contributed by atoms with Gasteiger partial charge in [-0.25, -0.2) is 13.8 Å². The van der Waals surface area contributed by atoms with E-state index < -0.39 is 11.6 Å². The third-order valence-electron chi connectivity index (χ3n) is 2.20. The highest BCUT2D eigenvalue weighted by molar-refractivity contribution is 5.79. The van der Waals surface area contributed by atoms with E-state index in [1.807, 2.05) is 13.8 Å². The predicted octanol–water partition coefficient (Wildman–Crippen LogP) is 1.92. The SMILES string of the molecule is CCNC(=NCCOc1ccc(F)cc1F)NCC. The Labute approximate surface area is 111 Å². The van der Waals surface area contributed by atoms with Crippen LogP contribution in [0.2, 0.25) is 0 Å². The molecule has 1 rings (SSSR count). The lowest BCUT2D eigenvalue weighted by molar-refractivity contribution is 0.310. The molecule has 0 unspecified atom stereocenters. The van der Waals surface area contributed by atoms with Gasteiger partial charge in [-0.15, -0.1) is 0 Å². The van der Waals surface area contributed by atoms with Gasteiger partial charge in [-0.2, -0.15) is 0 Å². The van der Waals surface area contributed by atoms with Crippen molar-refractivity contribution in [3.05, 3.63) is 29.8 Å². The summed E-state index contributed by atoms with van der Waals surface area (Å²) in [7, 11) is 0. The zero-order chi connectivity index (χ0) is 14.1. The molecular formula is C13H19F2N3O. The smallest absolute Gasteiger partial charge is 0.191 e. The van der Waals surface area contributed by atoms with E-state index in [4.69, 9.17) is 4.74 Å². The number of hydrogen-bond donors (Lipinski definition) is 2. The predicted molar refractivity (Wildman–Crippen MR) is 71.5 cm³/mol. The summed E-state index contributed by atoms with van der Waals surface area (Å²) in [5.41, 5.74) is 0. The van der Waals surface area contributed by atoms with E-state index in [9.17, 15) is 8.78 Å². The van der Waals surface area contributed by atoms with E-state index in [1.54, 1.807) is 0 Å². The number of guanidine groups is 1. The Morgan fingerprint density at radius 1 is 1.21 bits per heavy atom. The van der Waals surface area contributed by atoms with Crippen LogP contribution in [0.25, 0.3) is 0 Å². The summed E-state index contributed by atoms with van der Waals surface area (Å²) in [6.07, 6.45) is 0. The van der Waals surface area contributed by atoms with Crippen LogP contribution in [-0.2, 0) is 0 Å². The van der Waals surface area contributed by atoms with Gasteiger partial charge in [-0.3, -0.25) is 0 Å². The number of ether oxygens (including phenoxy) is 1. The molecule has 0 aromatic heterocycles. The topological polar surface area (TPSA) is 45.7 Å². The first kappa shape index (κ1) is 15.2. The van der Waals surface area contributed by atoms with Crippen molar-refractivity contribution < 1.29 is 13.5 Å². The number of nitrogens with one attached hydrogen (secondary N) is 2. The largest absolute Gasteiger partial charge is 0.489 e. The number of benzene rings is 1. The minimum atomic E-state index is -0.706. The monoisotopic (exact) mass is 271 g/mol. The number of rotatable bonds is 6. The number of halogens is 2. The molecule has 1 aromatic carbocycles. The van der Waals surface area contributed by atoms with Crippen molar-refractivity contribution in [2.24, 2.45) is 4.99 Å². The molecule has 0 aliphatic rings. The average molecular weight is 271 g/mol. The van der Waals surface area contributed by atoms with Gasteiger partial charge in [0.05, 0.1) is 6.54 Å². The lowest BCUT2D eigenvalue weighted by Gasteiger charge is -2.09. The third-order valence-corrected chi connectivity index (χ3v) is 2.20. The molecule has 4 nitrogen and oxygen atoms in total. The van der Waals surface area contributed by atoms with Gasteiger partial charge in [0, 0.05) is 19.2 Å². The summed E-state index contributed by atoms with van der Waals surface area (Å²) in [6.45, 7) is 6.07. The van der Waals surface area contributed by atoms with Gasteiger partial charge in [0.15, 0.2) is 17.5 Å². The van der Waals surface area contributed by atoms with Gasteiger partial charge in [0.25, 0.3) is 0 Å². The van der Waals surface area contributed by atoms with Crippen LogP contribution in [0.3, 0.4) is 0 Å². The molecule has 0 aliphatic carbocycles. The minimum absolute atomic E-state index is 0.0325. The highest BCUT2D eigenvalue weighted by Crippen LogP contribution is 2.17. The van der Waals surface area contributed by atoms with E-state index in [0.717, 1.165) is 25.2 Å². The maximum atomic E-state index is 13.3. The zero-order valence-electron chi connectivity index (χ0n) is 11.2. The lowest BCUT2D eigenvalue weighted by Crippen LogP contribution is -2.37. The van der Waals surface area contributed by atoms with Crippen LogP contribution in [0.4, 0.5) is 8.78 Å². The molecule has 0 saturated heterocycles. The lowest BCUT2D eigenvalue weighted by atomic mass is 10.3. The highest BCUT2D eigenvalue weighted by atomic mass is 19.1. The summed E-state index contributed by atoms with van der Waals surface area (Å²) in [5, 5.41) is 6.12. The summed E-state index contributed by atoms with van der Waals surface area (Å²) < 4.78 is 31.1. The molecule has 0 bridgehead atoms. The van der Waals surface area contributed by atoms with Crippen molar-refractivity contribution in [2.75, 3.05) is 26.2 Å². The molecule has 0 amide bonds. The summed E-state index contributed by atoms with van der Waals surface area (Å²) in [4.78, 5) is 4.24. The summed E-state index contributed by atoms with van der Waals surface area (Å²) in [5.74, 6) is -0.606. The molecule has 0 fully saturated rings. The molecule has 0 radical (unpaired) electrons. The summed E-state index contributed by atoms with van der Waals surface area (Å²) in [6, 6.07) is 3.22. The van der Waals surface area contributed by atoms with Crippen molar-refractivity contribution in [3.8, 4) is 5.75 Å². The van der Waals surface area contributed by atoms with Crippen molar-refractivity contribution >= 4 is 5.96 Å².